The summed E-state index contributed by atoms with van der Waals surface area (Å²) in [6, 6.07) is 6.91. The van der Waals surface area contributed by atoms with Crippen LogP contribution in [0, 0.1) is 0 Å². The molecule has 0 bridgehead atoms. The SMILES string of the molecule is CN(CC(=O)NCCCN1CCCCCC1=O)CC(=O)Nc1cccc(Cl)c1. The zero-order chi connectivity index (χ0) is 20.4. The van der Waals surface area contributed by atoms with Gasteiger partial charge < -0.3 is 15.5 Å². The summed E-state index contributed by atoms with van der Waals surface area (Å²) in [5.74, 6) is -0.133. The molecule has 1 fully saturated rings. The van der Waals surface area contributed by atoms with Gasteiger partial charge in [0.2, 0.25) is 17.7 Å². The van der Waals surface area contributed by atoms with Crippen LogP contribution in [0.2, 0.25) is 5.02 Å². The fourth-order valence-electron chi connectivity index (χ4n) is 3.14. The number of carbonyl (C=O) groups excluding carboxylic acids is 3. The molecular formula is C20H29ClN4O3. The van der Waals surface area contributed by atoms with Crippen LogP contribution in [0.4, 0.5) is 5.69 Å². The summed E-state index contributed by atoms with van der Waals surface area (Å²) in [6.07, 6.45) is 4.50. The van der Waals surface area contributed by atoms with Crippen LogP contribution in [-0.4, -0.2) is 67.3 Å². The lowest BCUT2D eigenvalue weighted by molar-refractivity contribution is -0.130. The van der Waals surface area contributed by atoms with Crippen molar-refractivity contribution in [3.05, 3.63) is 29.3 Å². The van der Waals surface area contributed by atoms with Crippen LogP contribution in [-0.2, 0) is 14.4 Å². The molecular weight excluding hydrogens is 380 g/mol. The van der Waals surface area contributed by atoms with Gasteiger partial charge in [0.05, 0.1) is 13.1 Å². The molecule has 28 heavy (non-hydrogen) atoms. The van der Waals surface area contributed by atoms with Crippen LogP contribution in [0.1, 0.15) is 32.1 Å². The zero-order valence-electron chi connectivity index (χ0n) is 16.4. The Kier molecular flexibility index (Phi) is 9.23. The maximum absolute atomic E-state index is 12.0. The molecule has 0 unspecified atom stereocenters. The molecule has 8 heteroatoms. The molecule has 0 saturated carbocycles. The normalized spacial score (nSPS) is 14.7. The monoisotopic (exact) mass is 408 g/mol. The fraction of sp³-hybridized carbons (Fsp3) is 0.550. The molecule has 3 amide bonds. The van der Waals surface area contributed by atoms with Crippen molar-refractivity contribution in [1.82, 2.24) is 15.1 Å². The van der Waals surface area contributed by atoms with E-state index in [1.807, 2.05) is 4.90 Å². The second-order valence-corrected chi connectivity index (χ2v) is 7.56. The van der Waals surface area contributed by atoms with Crippen molar-refractivity contribution in [3.63, 3.8) is 0 Å². The minimum absolute atomic E-state index is 0.0994. The van der Waals surface area contributed by atoms with E-state index in [-0.39, 0.29) is 30.8 Å². The predicted molar refractivity (Wildman–Crippen MR) is 110 cm³/mol. The fourth-order valence-corrected chi connectivity index (χ4v) is 3.33. The molecule has 154 valence electrons. The smallest absolute Gasteiger partial charge is 0.238 e. The summed E-state index contributed by atoms with van der Waals surface area (Å²) in [5.41, 5.74) is 0.624. The van der Waals surface area contributed by atoms with Crippen molar-refractivity contribution in [2.75, 3.05) is 45.1 Å². The molecule has 0 spiro atoms. The molecule has 1 heterocycles. The van der Waals surface area contributed by atoms with Crippen molar-refractivity contribution in [1.29, 1.82) is 0 Å². The van der Waals surface area contributed by atoms with E-state index >= 15 is 0 Å². The Bertz CT molecular complexity index is 683. The lowest BCUT2D eigenvalue weighted by Gasteiger charge is -2.20. The molecule has 1 aliphatic heterocycles. The van der Waals surface area contributed by atoms with Crippen molar-refractivity contribution >= 4 is 35.0 Å². The van der Waals surface area contributed by atoms with Gasteiger partial charge in [0.1, 0.15) is 0 Å². The van der Waals surface area contributed by atoms with Crippen LogP contribution < -0.4 is 10.6 Å². The average Bonchev–Trinajstić information content (AvgIpc) is 2.82. The highest BCUT2D eigenvalue weighted by molar-refractivity contribution is 6.30. The minimum Gasteiger partial charge on any atom is -0.355 e. The van der Waals surface area contributed by atoms with E-state index in [1.165, 1.54) is 0 Å². The standard InChI is InChI=1S/C20H29ClN4O3/c1-24(15-19(27)23-17-8-5-7-16(21)13-17)14-18(26)22-10-6-12-25-11-4-2-3-9-20(25)28/h5,7-8,13H,2-4,6,9-12,14-15H2,1H3,(H,22,26)(H,23,27). The number of hydrogen-bond donors (Lipinski definition) is 2. The van der Waals surface area contributed by atoms with Crippen molar-refractivity contribution < 1.29 is 14.4 Å². The number of likely N-dealkylation sites (N-methyl/N-ethyl adjacent to an activating group) is 1. The Morgan fingerprint density at radius 3 is 2.75 bits per heavy atom. The summed E-state index contributed by atoms with van der Waals surface area (Å²) in [4.78, 5) is 39.5. The molecule has 2 N–H and O–H groups in total. The molecule has 0 radical (unpaired) electrons. The van der Waals surface area contributed by atoms with E-state index in [9.17, 15) is 14.4 Å². The molecule has 1 aromatic rings. The third-order valence-electron chi connectivity index (χ3n) is 4.53. The van der Waals surface area contributed by atoms with Gasteiger partial charge in [-0.15, -0.1) is 0 Å². The summed E-state index contributed by atoms with van der Waals surface area (Å²) in [5, 5.41) is 6.15. The highest BCUT2D eigenvalue weighted by Gasteiger charge is 2.16. The number of nitrogens with zero attached hydrogens (tertiary/aromatic N) is 2. The first-order chi connectivity index (χ1) is 13.4. The lowest BCUT2D eigenvalue weighted by atomic mass is 10.2. The number of rotatable bonds is 9. The van der Waals surface area contributed by atoms with Gasteiger partial charge >= 0.3 is 0 Å². The third-order valence-corrected chi connectivity index (χ3v) is 4.77. The van der Waals surface area contributed by atoms with Crippen LogP contribution in [0.15, 0.2) is 24.3 Å². The van der Waals surface area contributed by atoms with Gasteiger partial charge in [-0.05, 0) is 44.5 Å². The van der Waals surface area contributed by atoms with E-state index in [0.717, 1.165) is 32.2 Å². The van der Waals surface area contributed by atoms with Crippen molar-refractivity contribution in [2.45, 2.75) is 32.1 Å². The summed E-state index contributed by atoms with van der Waals surface area (Å²) < 4.78 is 0. The van der Waals surface area contributed by atoms with E-state index < -0.39 is 0 Å². The molecule has 1 aliphatic rings. The van der Waals surface area contributed by atoms with Gasteiger partial charge in [0.25, 0.3) is 0 Å². The Balaban J connectivity index is 1.61. The van der Waals surface area contributed by atoms with Gasteiger partial charge in [-0.25, -0.2) is 0 Å². The summed E-state index contributed by atoms with van der Waals surface area (Å²) in [7, 11) is 1.72. The highest BCUT2D eigenvalue weighted by Crippen LogP contribution is 2.14. The predicted octanol–water partition coefficient (Wildman–Crippen LogP) is 2.12. The number of amides is 3. The topological polar surface area (TPSA) is 81.8 Å². The number of benzene rings is 1. The van der Waals surface area contributed by atoms with Gasteiger partial charge in [-0.1, -0.05) is 24.1 Å². The zero-order valence-corrected chi connectivity index (χ0v) is 17.1. The van der Waals surface area contributed by atoms with Crippen LogP contribution in [0.25, 0.3) is 0 Å². The molecule has 7 nitrogen and oxygen atoms in total. The quantitative estimate of drug-likeness (QED) is 0.613. The lowest BCUT2D eigenvalue weighted by Crippen LogP contribution is -2.40. The number of likely N-dealkylation sites (tertiary alicyclic amines) is 1. The first-order valence-electron chi connectivity index (χ1n) is 9.72. The molecule has 2 rings (SSSR count). The Labute approximate surface area is 171 Å². The highest BCUT2D eigenvalue weighted by atomic mass is 35.5. The Morgan fingerprint density at radius 2 is 1.96 bits per heavy atom. The van der Waals surface area contributed by atoms with Crippen LogP contribution in [0.3, 0.4) is 0 Å². The van der Waals surface area contributed by atoms with Gasteiger partial charge in [0.15, 0.2) is 0 Å². The van der Waals surface area contributed by atoms with Crippen LogP contribution >= 0.6 is 11.6 Å². The number of anilines is 1. The first-order valence-corrected chi connectivity index (χ1v) is 10.1. The minimum atomic E-state index is -0.211. The van der Waals surface area contributed by atoms with E-state index in [0.29, 0.717) is 30.2 Å². The maximum atomic E-state index is 12.0. The van der Waals surface area contributed by atoms with Crippen molar-refractivity contribution in [2.24, 2.45) is 0 Å². The Morgan fingerprint density at radius 1 is 1.18 bits per heavy atom. The average molecular weight is 409 g/mol. The third kappa shape index (κ3) is 8.27. The van der Waals surface area contributed by atoms with E-state index in [2.05, 4.69) is 10.6 Å². The number of hydrogen-bond acceptors (Lipinski definition) is 4. The number of carbonyl (C=O) groups is 3. The summed E-state index contributed by atoms with van der Waals surface area (Å²) >= 11 is 5.89. The van der Waals surface area contributed by atoms with Gasteiger partial charge in [-0.3, -0.25) is 19.3 Å². The first kappa shape index (κ1) is 22.2. The van der Waals surface area contributed by atoms with E-state index in [4.69, 9.17) is 11.6 Å². The second-order valence-electron chi connectivity index (χ2n) is 7.13. The molecule has 1 aromatic carbocycles. The molecule has 1 saturated heterocycles. The number of nitrogens with one attached hydrogen (secondary N) is 2. The molecule has 0 aromatic heterocycles. The summed E-state index contributed by atoms with van der Waals surface area (Å²) in [6.45, 7) is 2.24. The largest absolute Gasteiger partial charge is 0.355 e. The number of halogens is 1. The van der Waals surface area contributed by atoms with Crippen LogP contribution in [0.5, 0.6) is 0 Å². The molecule has 0 atom stereocenters. The van der Waals surface area contributed by atoms with Gasteiger partial charge in [0, 0.05) is 36.8 Å². The second kappa shape index (κ2) is 11.7. The van der Waals surface area contributed by atoms with Gasteiger partial charge in [-0.2, -0.15) is 0 Å². The Hall–Kier alpha value is -2.12. The van der Waals surface area contributed by atoms with E-state index in [1.54, 1.807) is 36.2 Å². The molecule has 0 aliphatic carbocycles. The van der Waals surface area contributed by atoms with Crippen molar-refractivity contribution in [3.8, 4) is 0 Å². The maximum Gasteiger partial charge on any atom is 0.238 e.